The number of nitrogens with one attached hydrogen (secondary N) is 2. The van der Waals surface area contributed by atoms with Gasteiger partial charge < -0.3 is 15.4 Å². The molecule has 15 heavy (non-hydrogen) atoms. The molecule has 2 N–H and O–H groups in total. The number of hydrogen-bond donors (Lipinski definition) is 2. The summed E-state index contributed by atoms with van der Waals surface area (Å²) in [5, 5.41) is 7.23. The molecule has 0 aromatic heterocycles. The molecule has 3 nitrogen and oxygen atoms in total. The monoisotopic (exact) mass is 232 g/mol. The molecule has 90 valence electrons. The van der Waals surface area contributed by atoms with Gasteiger partial charge in [0.05, 0.1) is 0 Å². The minimum atomic E-state index is 0.0834. The predicted molar refractivity (Wildman–Crippen MR) is 69.2 cm³/mol. The Morgan fingerprint density at radius 1 is 1.40 bits per heavy atom. The van der Waals surface area contributed by atoms with Crippen molar-refractivity contribution in [3.63, 3.8) is 0 Å². The summed E-state index contributed by atoms with van der Waals surface area (Å²) >= 11 is 5.20. The summed E-state index contributed by atoms with van der Waals surface area (Å²) in [5.41, 5.74) is 0.0834. The number of hydrogen-bond acceptors (Lipinski definition) is 2. The van der Waals surface area contributed by atoms with Gasteiger partial charge in [-0.1, -0.05) is 13.3 Å². The van der Waals surface area contributed by atoms with E-state index < -0.39 is 0 Å². The number of ether oxygens (including phenoxy) is 1. The predicted octanol–water partition coefficient (Wildman–Crippen LogP) is 2.07. The van der Waals surface area contributed by atoms with Crippen LogP contribution in [0.25, 0.3) is 0 Å². The quantitative estimate of drug-likeness (QED) is 0.520. The van der Waals surface area contributed by atoms with E-state index in [1.165, 1.54) is 0 Å². The summed E-state index contributed by atoms with van der Waals surface area (Å²) in [6.45, 7) is 8.15. The topological polar surface area (TPSA) is 33.3 Å². The minimum Gasteiger partial charge on any atom is -0.385 e. The first-order valence-corrected chi connectivity index (χ1v) is 5.97. The van der Waals surface area contributed by atoms with Gasteiger partial charge in [0.1, 0.15) is 0 Å². The molecule has 0 aromatic rings. The normalized spacial score (nSPS) is 11.2. The zero-order chi connectivity index (χ0) is 11.7. The van der Waals surface area contributed by atoms with Crippen LogP contribution in [-0.4, -0.2) is 30.9 Å². The van der Waals surface area contributed by atoms with Crippen LogP contribution in [0, 0.1) is 0 Å². The Labute approximate surface area is 99.0 Å². The molecule has 0 rings (SSSR count). The molecule has 0 fully saturated rings. The van der Waals surface area contributed by atoms with Crippen molar-refractivity contribution in [3.8, 4) is 0 Å². The third-order valence-electron chi connectivity index (χ3n) is 2.14. The van der Waals surface area contributed by atoms with Crippen molar-refractivity contribution in [1.29, 1.82) is 0 Å². The van der Waals surface area contributed by atoms with Crippen molar-refractivity contribution in [2.24, 2.45) is 0 Å². The SMILES string of the molecule is CCCC(C)(C)NC(=S)NCCCOC. The molecular weight excluding hydrogens is 208 g/mol. The Morgan fingerprint density at radius 3 is 2.60 bits per heavy atom. The fraction of sp³-hybridized carbons (Fsp3) is 0.909. The van der Waals surface area contributed by atoms with Crippen LogP contribution in [0.2, 0.25) is 0 Å². The average molecular weight is 232 g/mol. The third-order valence-corrected chi connectivity index (χ3v) is 2.38. The maximum atomic E-state index is 5.20. The molecule has 0 heterocycles. The molecule has 0 aliphatic carbocycles. The molecule has 0 aliphatic rings. The zero-order valence-electron chi connectivity index (χ0n) is 10.4. The van der Waals surface area contributed by atoms with E-state index in [0.29, 0.717) is 0 Å². The lowest BCUT2D eigenvalue weighted by molar-refractivity contribution is 0.195. The van der Waals surface area contributed by atoms with Crippen LogP contribution in [0.1, 0.15) is 40.0 Å². The van der Waals surface area contributed by atoms with Crippen molar-refractivity contribution >= 4 is 17.3 Å². The molecule has 0 spiro atoms. The van der Waals surface area contributed by atoms with Gasteiger partial charge in [0.15, 0.2) is 5.11 Å². The Balaban J connectivity index is 3.63. The van der Waals surface area contributed by atoms with Gasteiger partial charge in [0.25, 0.3) is 0 Å². The lowest BCUT2D eigenvalue weighted by Gasteiger charge is -2.27. The van der Waals surface area contributed by atoms with Gasteiger partial charge in [-0.3, -0.25) is 0 Å². The highest BCUT2D eigenvalue weighted by atomic mass is 32.1. The second-order valence-corrected chi connectivity index (χ2v) is 4.77. The van der Waals surface area contributed by atoms with Crippen LogP contribution < -0.4 is 10.6 Å². The Kier molecular flexibility index (Phi) is 7.70. The van der Waals surface area contributed by atoms with Crippen LogP contribution in [-0.2, 0) is 4.74 Å². The molecule has 0 aliphatic heterocycles. The van der Waals surface area contributed by atoms with Crippen molar-refractivity contribution in [3.05, 3.63) is 0 Å². The van der Waals surface area contributed by atoms with Crippen molar-refractivity contribution in [2.75, 3.05) is 20.3 Å². The Morgan fingerprint density at radius 2 is 2.07 bits per heavy atom. The second-order valence-electron chi connectivity index (χ2n) is 4.36. The highest BCUT2D eigenvalue weighted by Gasteiger charge is 2.16. The molecule has 0 amide bonds. The number of rotatable bonds is 7. The summed E-state index contributed by atoms with van der Waals surface area (Å²) < 4.78 is 4.96. The lowest BCUT2D eigenvalue weighted by atomic mass is 9.99. The Bertz CT molecular complexity index is 183. The van der Waals surface area contributed by atoms with Crippen molar-refractivity contribution in [1.82, 2.24) is 10.6 Å². The number of methoxy groups -OCH3 is 1. The summed E-state index contributed by atoms with van der Waals surface area (Å²) in [6, 6.07) is 0. The van der Waals surface area contributed by atoms with Crippen LogP contribution in [0.4, 0.5) is 0 Å². The molecular formula is C11H24N2OS. The first-order valence-electron chi connectivity index (χ1n) is 5.57. The summed E-state index contributed by atoms with van der Waals surface area (Å²) in [4.78, 5) is 0. The average Bonchev–Trinajstić information content (AvgIpc) is 2.11. The van der Waals surface area contributed by atoms with E-state index in [4.69, 9.17) is 17.0 Å². The third kappa shape index (κ3) is 8.63. The highest BCUT2D eigenvalue weighted by Crippen LogP contribution is 2.09. The van der Waals surface area contributed by atoms with Crippen LogP contribution in [0.5, 0.6) is 0 Å². The van der Waals surface area contributed by atoms with Crippen LogP contribution in [0.15, 0.2) is 0 Å². The minimum absolute atomic E-state index is 0.0834. The molecule has 0 radical (unpaired) electrons. The molecule has 4 heteroatoms. The van der Waals surface area contributed by atoms with Gasteiger partial charge >= 0.3 is 0 Å². The van der Waals surface area contributed by atoms with Gasteiger partial charge in [0.2, 0.25) is 0 Å². The largest absolute Gasteiger partial charge is 0.385 e. The first kappa shape index (κ1) is 14.6. The first-order chi connectivity index (χ1) is 7.02. The molecule has 0 saturated heterocycles. The Hall–Kier alpha value is -0.350. The van der Waals surface area contributed by atoms with Crippen LogP contribution >= 0.6 is 12.2 Å². The zero-order valence-corrected chi connectivity index (χ0v) is 11.2. The number of thiocarbonyl (C=S) groups is 1. The summed E-state index contributed by atoms with van der Waals surface area (Å²) in [7, 11) is 1.71. The summed E-state index contributed by atoms with van der Waals surface area (Å²) in [5.74, 6) is 0. The van der Waals surface area contributed by atoms with Gasteiger partial charge in [-0.2, -0.15) is 0 Å². The molecule has 0 unspecified atom stereocenters. The van der Waals surface area contributed by atoms with E-state index >= 15 is 0 Å². The molecule has 0 saturated carbocycles. The van der Waals surface area contributed by atoms with E-state index in [2.05, 4.69) is 31.4 Å². The molecule has 0 bridgehead atoms. The van der Waals surface area contributed by atoms with Gasteiger partial charge in [-0.25, -0.2) is 0 Å². The van der Waals surface area contributed by atoms with E-state index in [9.17, 15) is 0 Å². The van der Waals surface area contributed by atoms with Gasteiger partial charge in [-0.05, 0) is 38.9 Å². The summed E-state index contributed by atoms with van der Waals surface area (Å²) in [6.07, 6.45) is 3.26. The highest BCUT2D eigenvalue weighted by molar-refractivity contribution is 7.80. The van der Waals surface area contributed by atoms with Gasteiger partial charge in [0, 0.05) is 25.8 Å². The van der Waals surface area contributed by atoms with Crippen molar-refractivity contribution in [2.45, 2.75) is 45.6 Å². The van der Waals surface area contributed by atoms with E-state index in [1.54, 1.807) is 7.11 Å². The van der Waals surface area contributed by atoms with Gasteiger partial charge in [-0.15, -0.1) is 0 Å². The maximum absolute atomic E-state index is 5.20. The van der Waals surface area contributed by atoms with E-state index in [0.717, 1.165) is 37.5 Å². The van der Waals surface area contributed by atoms with Crippen molar-refractivity contribution < 1.29 is 4.74 Å². The van der Waals surface area contributed by atoms with E-state index in [1.807, 2.05) is 0 Å². The smallest absolute Gasteiger partial charge is 0.166 e. The fourth-order valence-corrected chi connectivity index (χ4v) is 1.84. The van der Waals surface area contributed by atoms with E-state index in [-0.39, 0.29) is 5.54 Å². The second kappa shape index (κ2) is 7.88. The maximum Gasteiger partial charge on any atom is 0.166 e. The molecule has 0 aromatic carbocycles. The lowest BCUT2D eigenvalue weighted by Crippen LogP contribution is -2.48. The standard InChI is InChI=1S/C11H24N2OS/c1-5-7-11(2,3)13-10(15)12-8-6-9-14-4/h5-9H2,1-4H3,(H2,12,13,15). The fourth-order valence-electron chi connectivity index (χ4n) is 1.46. The van der Waals surface area contributed by atoms with Crippen LogP contribution in [0.3, 0.4) is 0 Å². The molecule has 0 atom stereocenters.